The first-order chi connectivity index (χ1) is 8.63. The van der Waals surface area contributed by atoms with E-state index in [0.717, 1.165) is 18.4 Å². The fraction of sp³-hybridized carbons (Fsp3) is 0.714. The second-order valence-corrected chi connectivity index (χ2v) is 5.88. The minimum Gasteiger partial charge on any atom is -0.300 e. The lowest BCUT2D eigenvalue weighted by molar-refractivity contribution is -0.124. The Morgan fingerprint density at radius 3 is 2.56 bits per heavy atom. The zero-order valence-corrected chi connectivity index (χ0v) is 11.2. The van der Waals surface area contributed by atoms with Gasteiger partial charge in [0, 0.05) is 37.7 Å². The SMILES string of the molecule is CN1C2CCC1CC(C(=O)Cc1cnn(C)c1)C2. The highest BCUT2D eigenvalue weighted by atomic mass is 16.1. The normalized spacial score (nSPS) is 31.8. The van der Waals surface area contributed by atoms with Crippen molar-refractivity contribution in [1.82, 2.24) is 14.7 Å². The first-order valence-electron chi connectivity index (χ1n) is 6.85. The molecule has 1 aromatic heterocycles. The zero-order valence-electron chi connectivity index (χ0n) is 11.2. The van der Waals surface area contributed by atoms with Crippen LogP contribution in [0, 0.1) is 5.92 Å². The second-order valence-electron chi connectivity index (χ2n) is 5.88. The van der Waals surface area contributed by atoms with Crippen LogP contribution in [-0.2, 0) is 18.3 Å². The van der Waals surface area contributed by atoms with E-state index < -0.39 is 0 Å². The van der Waals surface area contributed by atoms with Crippen molar-refractivity contribution < 1.29 is 4.79 Å². The van der Waals surface area contributed by atoms with Gasteiger partial charge in [0.1, 0.15) is 5.78 Å². The predicted octanol–water partition coefficient (Wildman–Crippen LogP) is 1.40. The molecule has 0 N–H and O–H groups in total. The third-order valence-corrected chi connectivity index (χ3v) is 4.69. The average Bonchev–Trinajstić information content (AvgIpc) is 2.80. The monoisotopic (exact) mass is 247 g/mol. The number of ketones is 1. The molecule has 0 aromatic carbocycles. The number of nitrogens with zero attached hydrogens (tertiary/aromatic N) is 3. The molecule has 2 saturated heterocycles. The van der Waals surface area contributed by atoms with E-state index in [1.807, 2.05) is 19.4 Å². The number of carbonyl (C=O) groups is 1. The number of aromatic nitrogens is 2. The van der Waals surface area contributed by atoms with Gasteiger partial charge in [-0.05, 0) is 38.3 Å². The summed E-state index contributed by atoms with van der Waals surface area (Å²) in [7, 11) is 4.11. The number of Topliss-reactive ketones (excluding diaryl/α,β-unsaturated/α-hetero) is 1. The molecule has 2 bridgehead atoms. The largest absolute Gasteiger partial charge is 0.300 e. The van der Waals surface area contributed by atoms with Gasteiger partial charge in [-0.15, -0.1) is 0 Å². The standard InChI is InChI=1S/C14H21N3O/c1-16-9-10(8-15-16)5-14(18)11-6-12-3-4-13(7-11)17(12)2/h8-9,11-13H,3-7H2,1-2H3. The summed E-state index contributed by atoms with van der Waals surface area (Å²) >= 11 is 0. The molecule has 18 heavy (non-hydrogen) atoms. The summed E-state index contributed by atoms with van der Waals surface area (Å²) < 4.78 is 1.76. The van der Waals surface area contributed by atoms with Crippen molar-refractivity contribution in [2.45, 2.75) is 44.2 Å². The van der Waals surface area contributed by atoms with Gasteiger partial charge in [-0.2, -0.15) is 5.10 Å². The molecular weight excluding hydrogens is 226 g/mol. The number of piperidine rings is 1. The van der Waals surface area contributed by atoms with Crippen molar-refractivity contribution in [3.63, 3.8) is 0 Å². The summed E-state index contributed by atoms with van der Waals surface area (Å²) in [5, 5.41) is 4.13. The Bertz CT molecular complexity index is 440. The molecule has 3 rings (SSSR count). The van der Waals surface area contributed by atoms with Crippen LogP contribution in [0.25, 0.3) is 0 Å². The number of hydrogen-bond acceptors (Lipinski definition) is 3. The number of aryl methyl sites for hydroxylation is 1. The first-order valence-corrected chi connectivity index (χ1v) is 6.85. The molecule has 2 aliphatic rings. The summed E-state index contributed by atoms with van der Waals surface area (Å²) in [6, 6.07) is 1.29. The highest BCUT2D eigenvalue weighted by Crippen LogP contribution is 2.38. The molecule has 0 aliphatic carbocycles. The summed E-state index contributed by atoms with van der Waals surface area (Å²) in [5.41, 5.74) is 1.05. The molecule has 1 aromatic rings. The van der Waals surface area contributed by atoms with Crippen LogP contribution in [0.2, 0.25) is 0 Å². The van der Waals surface area contributed by atoms with Gasteiger partial charge in [0.05, 0.1) is 6.20 Å². The molecular formula is C14H21N3O. The molecule has 0 spiro atoms. The van der Waals surface area contributed by atoms with Crippen LogP contribution in [-0.4, -0.2) is 39.6 Å². The maximum Gasteiger partial charge on any atom is 0.140 e. The molecule has 4 heteroatoms. The van der Waals surface area contributed by atoms with Crippen LogP contribution in [0.1, 0.15) is 31.2 Å². The van der Waals surface area contributed by atoms with Gasteiger partial charge in [0.15, 0.2) is 0 Å². The zero-order chi connectivity index (χ0) is 12.7. The third kappa shape index (κ3) is 2.09. The van der Waals surface area contributed by atoms with Crippen LogP contribution in [0.15, 0.2) is 12.4 Å². The van der Waals surface area contributed by atoms with E-state index in [1.54, 1.807) is 4.68 Å². The van der Waals surface area contributed by atoms with Crippen LogP contribution in [0.5, 0.6) is 0 Å². The maximum atomic E-state index is 12.3. The highest BCUT2D eigenvalue weighted by molar-refractivity contribution is 5.83. The maximum absolute atomic E-state index is 12.3. The van der Waals surface area contributed by atoms with Crippen LogP contribution in [0.4, 0.5) is 0 Å². The fourth-order valence-corrected chi connectivity index (χ4v) is 3.58. The molecule has 0 amide bonds. The van der Waals surface area contributed by atoms with Gasteiger partial charge >= 0.3 is 0 Å². The van der Waals surface area contributed by atoms with Gasteiger partial charge in [-0.3, -0.25) is 9.48 Å². The van der Waals surface area contributed by atoms with Crippen molar-refractivity contribution in [1.29, 1.82) is 0 Å². The predicted molar refractivity (Wildman–Crippen MR) is 69.2 cm³/mol. The molecule has 2 unspecified atom stereocenters. The van der Waals surface area contributed by atoms with E-state index in [4.69, 9.17) is 0 Å². The number of carbonyl (C=O) groups excluding carboxylic acids is 1. The van der Waals surface area contributed by atoms with E-state index >= 15 is 0 Å². The average molecular weight is 247 g/mol. The number of hydrogen-bond donors (Lipinski definition) is 0. The minimum absolute atomic E-state index is 0.277. The Morgan fingerprint density at radius 2 is 2.00 bits per heavy atom. The van der Waals surface area contributed by atoms with Crippen LogP contribution < -0.4 is 0 Å². The van der Waals surface area contributed by atoms with Crippen molar-refractivity contribution in [2.24, 2.45) is 13.0 Å². The Balaban J connectivity index is 1.64. The summed E-state index contributed by atoms with van der Waals surface area (Å²) in [4.78, 5) is 14.8. The Kier molecular flexibility index (Phi) is 2.98. The van der Waals surface area contributed by atoms with E-state index in [-0.39, 0.29) is 5.92 Å². The lowest BCUT2D eigenvalue weighted by Crippen LogP contribution is -2.42. The summed E-state index contributed by atoms with van der Waals surface area (Å²) in [6.45, 7) is 0. The Labute approximate surface area is 108 Å². The minimum atomic E-state index is 0.277. The fourth-order valence-electron chi connectivity index (χ4n) is 3.58. The van der Waals surface area contributed by atoms with Crippen molar-refractivity contribution >= 4 is 5.78 Å². The van der Waals surface area contributed by atoms with Crippen LogP contribution >= 0.6 is 0 Å². The summed E-state index contributed by atoms with van der Waals surface area (Å²) in [5.74, 6) is 0.687. The van der Waals surface area contributed by atoms with E-state index in [2.05, 4.69) is 17.0 Å². The molecule has 98 valence electrons. The quantitative estimate of drug-likeness (QED) is 0.810. The van der Waals surface area contributed by atoms with Gasteiger partial charge in [0.25, 0.3) is 0 Å². The Morgan fingerprint density at radius 1 is 1.33 bits per heavy atom. The van der Waals surface area contributed by atoms with Gasteiger partial charge in [-0.1, -0.05) is 0 Å². The first kappa shape index (κ1) is 11.9. The van der Waals surface area contributed by atoms with Crippen LogP contribution in [0.3, 0.4) is 0 Å². The van der Waals surface area contributed by atoms with Gasteiger partial charge in [-0.25, -0.2) is 0 Å². The van der Waals surface area contributed by atoms with E-state index in [0.29, 0.717) is 24.3 Å². The molecule has 3 heterocycles. The topological polar surface area (TPSA) is 38.1 Å². The molecule has 0 radical (unpaired) electrons. The molecule has 2 aliphatic heterocycles. The number of fused-ring (bicyclic) bond motifs is 2. The van der Waals surface area contributed by atoms with Crippen molar-refractivity contribution in [3.05, 3.63) is 18.0 Å². The molecule has 4 nitrogen and oxygen atoms in total. The van der Waals surface area contributed by atoms with Crippen molar-refractivity contribution in [2.75, 3.05) is 7.05 Å². The molecule has 0 saturated carbocycles. The highest BCUT2D eigenvalue weighted by Gasteiger charge is 2.40. The van der Waals surface area contributed by atoms with Gasteiger partial charge in [0.2, 0.25) is 0 Å². The third-order valence-electron chi connectivity index (χ3n) is 4.69. The van der Waals surface area contributed by atoms with E-state index in [9.17, 15) is 4.79 Å². The summed E-state index contributed by atoms with van der Waals surface area (Å²) in [6.07, 6.45) is 8.98. The number of rotatable bonds is 3. The Hall–Kier alpha value is -1.16. The smallest absolute Gasteiger partial charge is 0.140 e. The molecule has 2 fully saturated rings. The molecule has 2 atom stereocenters. The van der Waals surface area contributed by atoms with Gasteiger partial charge < -0.3 is 4.90 Å². The lowest BCUT2D eigenvalue weighted by Gasteiger charge is -2.35. The van der Waals surface area contributed by atoms with E-state index in [1.165, 1.54) is 12.8 Å². The van der Waals surface area contributed by atoms with Crippen molar-refractivity contribution in [3.8, 4) is 0 Å². The second kappa shape index (κ2) is 4.50. The lowest BCUT2D eigenvalue weighted by atomic mass is 9.86.